The van der Waals surface area contributed by atoms with Gasteiger partial charge in [0.15, 0.2) is 0 Å². The molecule has 0 amide bonds. The highest BCUT2D eigenvalue weighted by Gasteiger charge is 2.28. The van der Waals surface area contributed by atoms with Crippen LogP contribution in [0.2, 0.25) is 0 Å². The van der Waals surface area contributed by atoms with Crippen LogP contribution in [0, 0.1) is 11.8 Å². The molecule has 0 saturated heterocycles. The zero-order valence-corrected chi connectivity index (χ0v) is 12.0. The molecular weight excluding hydrogens is 236 g/mol. The van der Waals surface area contributed by atoms with Crippen molar-refractivity contribution in [2.45, 2.75) is 52.1 Å². The molecule has 1 aliphatic rings. The Kier molecular flexibility index (Phi) is 5.00. The molecule has 2 rings (SSSR count). The van der Waals surface area contributed by atoms with Crippen molar-refractivity contribution < 1.29 is 9.53 Å². The highest BCUT2D eigenvalue weighted by atomic mass is 16.5. The van der Waals surface area contributed by atoms with E-state index in [1.54, 1.807) is 0 Å². The highest BCUT2D eigenvalue weighted by molar-refractivity contribution is 5.71. The van der Waals surface area contributed by atoms with E-state index in [0.717, 1.165) is 5.56 Å². The molecule has 1 aromatic carbocycles. The third-order valence-electron chi connectivity index (χ3n) is 3.92. The Hall–Kier alpha value is -1.31. The Balaban J connectivity index is 2.15. The molecule has 104 valence electrons. The van der Waals surface area contributed by atoms with E-state index in [9.17, 15) is 4.79 Å². The van der Waals surface area contributed by atoms with Crippen LogP contribution < -0.4 is 0 Å². The summed E-state index contributed by atoms with van der Waals surface area (Å²) in [5.74, 6) is 0.341. The summed E-state index contributed by atoms with van der Waals surface area (Å²) in [5.41, 5.74) is 1.14. The number of carbonyl (C=O) groups excluding carboxylic acids is 1. The molecule has 0 aromatic heterocycles. The van der Waals surface area contributed by atoms with E-state index in [4.69, 9.17) is 4.74 Å². The number of hydrogen-bond acceptors (Lipinski definition) is 2. The maximum Gasteiger partial charge on any atom is 0.308 e. The maximum atomic E-state index is 11.9. The number of rotatable bonds is 4. The summed E-state index contributed by atoms with van der Waals surface area (Å²) in [4.78, 5) is 11.9. The van der Waals surface area contributed by atoms with Crippen molar-refractivity contribution in [3.8, 4) is 0 Å². The monoisotopic (exact) mass is 260 g/mol. The predicted octanol–water partition coefficient (Wildman–Crippen LogP) is 4.51. The lowest BCUT2D eigenvalue weighted by Gasteiger charge is -2.30. The Labute approximate surface area is 116 Å². The van der Waals surface area contributed by atoms with Gasteiger partial charge in [-0.2, -0.15) is 0 Å². The van der Waals surface area contributed by atoms with Gasteiger partial charge in [-0.25, -0.2) is 0 Å². The van der Waals surface area contributed by atoms with Gasteiger partial charge in [0.05, 0.1) is 5.92 Å². The lowest BCUT2D eigenvalue weighted by atomic mass is 9.82. The highest BCUT2D eigenvalue weighted by Crippen LogP contribution is 2.37. The summed E-state index contributed by atoms with van der Waals surface area (Å²) < 4.78 is 5.80. The van der Waals surface area contributed by atoms with Crippen LogP contribution in [0.3, 0.4) is 0 Å². The topological polar surface area (TPSA) is 26.3 Å². The smallest absolute Gasteiger partial charge is 0.308 e. The molecule has 19 heavy (non-hydrogen) atoms. The van der Waals surface area contributed by atoms with Gasteiger partial charge < -0.3 is 4.74 Å². The Morgan fingerprint density at radius 2 is 1.74 bits per heavy atom. The first-order valence-corrected chi connectivity index (χ1v) is 7.44. The second kappa shape index (κ2) is 6.74. The summed E-state index contributed by atoms with van der Waals surface area (Å²) in [6.45, 7) is 3.79. The third-order valence-corrected chi connectivity index (χ3v) is 3.92. The second-order valence-corrected chi connectivity index (χ2v) is 5.82. The maximum absolute atomic E-state index is 11.9. The molecule has 1 aromatic rings. The van der Waals surface area contributed by atoms with Crippen LogP contribution in [0.1, 0.15) is 57.6 Å². The lowest BCUT2D eigenvalue weighted by molar-refractivity contribution is -0.157. The lowest BCUT2D eigenvalue weighted by Crippen LogP contribution is -2.24. The zero-order chi connectivity index (χ0) is 13.7. The summed E-state index contributed by atoms with van der Waals surface area (Å²) >= 11 is 0. The molecule has 0 spiro atoms. The van der Waals surface area contributed by atoms with E-state index in [1.807, 2.05) is 32.0 Å². The summed E-state index contributed by atoms with van der Waals surface area (Å²) in [7, 11) is 0. The van der Waals surface area contributed by atoms with Crippen molar-refractivity contribution in [1.82, 2.24) is 0 Å². The summed E-state index contributed by atoms with van der Waals surface area (Å²) in [5, 5.41) is 0. The number of carbonyl (C=O) groups is 1. The fourth-order valence-electron chi connectivity index (χ4n) is 2.78. The molecule has 2 nitrogen and oxygen atoms in total. The average molecular weight is 260 g/mol. The standard InChI is InChI=1S/C17H24O2/c1-13(2)17(18)19-16(14-9-5-3-6-10-14)15-11-7-4-8-12-15/h3,5-6,9-10,13,15-16H,4,7-8,11-12H2,1-2H3. The van der Waals surface area contributed by atoms with Crippen LogP contribution in [0.4, 0.5) is 0 Å². The number of benzene rings is 1. The molecule has 0 heterocycles. The average Bonchev–Trinajstić information content (AvgIpc) is 2.46. The second-order valence-electron chi connectivity index (χ2n) is 5.82. The number of ether oxygens (including phenoxy) is 1. The molecule has 1 saturated carbocycles. The molecule has 1 atom stereocenters. The van der Waals surface area contributed by atoms with Crippen LogP contribution >= 0.6 is 0 Å². The Morgan fingerprint density at radius 3 is 2.32 bits per heavy atom. The minimum absolute atomic E-state index is 0.0589. The van der Waals surface area contributed by atoms with Gasteiger partial charge >= 0.3 is 5.97 Å². The van der Waals surface area contributed by atoms with Gasteiger partial charge in [-0.15, -0.1) is 0 Å². The Bertz CT molecular complexity index is 391. The van der Waals surface area contributed by atoms with Gasteiger partial charge in [0.1, 0.15) is 6.10 Å². The molecule has 0 N–H and O–H groups in total. The van der Waals surface area contributed by atoms with Gasteiger partial charge in [0.2, 0.25) is 0 Å². The molecule has 1 aliphatic carbocycles. The molecule has 0 bridgehead atoms. The van der Waals surface area contributed by atoms with Crippen molar-refractivity contribution in [3.63, 3.8) is 0 Å². The van der Waals surface area contributed by atoms with Crippen LogP contribution in [-0.2, 0) is 9.53 Å². The van der Waals surface area contributed by atoms with Gasteiger partial charge in [0, 0.05) is 5.92 Å². The molecule has 0 radical (unpaired) electrons. The molecular formula is C17H24O2. The van der Waals surface area contributed by atoms with E-state index >= 15 is 0 Å². The van der Waals surface area contributed by atoms with Crippen LogP contribution in [0.5, 0.6) is 0 Å². The summed E-state index contributed by atoms with van der Waals surface area (Å²) in [6, 6.07) is 10.2. The van der Waals surface area contributed by atoms with Crippen molar-refractivity contribution in [2.75, 3.05) is 0 Å². The third kappa shape index (κ3) is 3.82. The van der Waals surface area contributed by atoms with Crippen LogP contribution in [0.25, 0.3) is 0 Å². The molecule has 1 fully saturated rings. The van der Waals surface area contributed by atoms with E-state index in [1.165, 1.54) is 32.1 Å². The van der Waals surface area contributed by atoms with Crippen molar-refractivity contribution in [3.05, 3.63) is 35.9 Å². The van der Waals surface area contributed by atoms with Gasteiger partial charge in [0.25, 0.3) is 0 Å². The minimum Gasteiger partial charge on any atom is -0.457 e. The van der Waals surface area contributed by atoms with E-state index < -0.39 is 0 Å². The first kappa shape index (κ1) is 14.1. The van der Waals surface area contributed by atoms with Gasteiger partial charge in [-0.05, 0) is 18.4 Å². The molecule has 0 aliphatic heterocycles. The van der Waals surface area contributed by atoms with Gasteiger partial charge in [-0.3, -0.25) is 4.79 Å². The number of hydrogen-bond donors (Lipinski definition) is 0. The van der Waals surface area contributed by atoms with Crippen molar-refractivity contribution >= 4 is 5.97 Å². The van der Waals surface area contributed by atoms with Crippen molar-refractivity contribution in [2.24, 2.45) is 11.8 Å². The largest absolute Gasteiger partial charge is 0.457 e. The predicted molar refractivity (Wildman–Crippen MR) is 76.7 cm³/mol. The van der Waals surface area contributed by atoms with E-state index in [2.05, 4.69) is 12.1 Å². The normalized spacial score (nSPS) is 18.3. The quantitative estimate of drug-likeness (QED) is 0.745. The first-order valence-electron chi connectivity index (χ1n) is 7.44. The van der Waals surface area contributed by atoms with Crippen molar-refractivity contribution in [1.29, 1.82) is 0 Å². The van der Waals surface area contributed by atoms with E-state index in [-0.39, 0.29) is 18.0 Å². The zero-order valence-electron chi connectivity index (χ0n) is 12.0. The van der Waals surface area contributed by atoms with Gasteiger partial charge in [-0.1, -0.05) is 63.4 Å². The van der Waals surface area contributed by atoms with E-state index in [0.29, 0.717) is 5.92 Å². The fourth-order valence-corrected chi connectivity index (χ4v) is 2.78. The molecule has 1 unspecified atom stereocenters. The Morgan fingerprint density at radius 1 is 1.11 bits per heavy atom. The molecule has 2 heteroatoms. The SMILES string of the molecule is CC(C)C(=O)OC(c1ccccc1)C1CCCCC1. The van der Waals surface area contributed by atoms with Crippen LogP contribution in [-0.4, -0.2) is 5.97 Å². The number of esters is 1. The minimum atomic E-state index is -0.0839. The van der Waals surface area contributed by atoms with Crippen LogP contribution in [0.15, 0.2) is 30.3 Å². The fraction of sp³-hybridized carbons (Fsp3) is 0.588. The first-order chi connectivity index (χ1) is 9.18. The summed E-state index contributed by atoms with van der Waals surface area (Å²) in [6.07, 6.45) is 6.11.